The molecule has 0 saturated heterocycles. The second-order valence-electron chi connectivity index (χ2n) is 5.19. The summed E-state index contributed by atoms with van der Waals surface area (Å²) in [5, 5.41) is 6.35. The first-order valence-electron chi connectivity index (χ1n) is 7.20. The molecule has 1 heterocycles. The molecule has 1 amide bonds. The molecule has 8 heteroatoms. The van der Waals surface area contributed by atoms with E-state index in [4.69, 9.17) is 0 Å². The molecule has 0 radical (unpaired) electrons. The standard InChI is InChI=1S/C17H12F3N3O2/c1-23(13-5-3-2-4-6-13)15(24)12-9-7-11(8-10-12)14-21-22-16(25-14)17(18,19)20/h2-10H,1H3. The van der Waals surface area contributed by atoms with Crippen LogP contribution in [0.4, 0.5) is 18.9 Å². The Kier molecular flexibility index (Phi) is 4.26. The smallest absolute Gasteiger partial charge is 0.413 e. The van der Waals surface area contributed by atoms with Gasteiger partial charge in [-0.05, 0) is 36.4 Å². The van der Waals surface area contributed by atoms with Gasteiger partial charge in [-0.25, -0.2) is 0 Å². The number of anilines is 1. The van der Waals surface area contributed by atoms with Crippen LogP contribution in [0.3, 0.4) is 0 Å². The number of halogens is 3. The van der Waals surface area contributed by atoms with Gasteiger partial charge in [-0.2, -0.15) is 13.2 Å². The molecule has 0 saturated carbocycles. The Labute approximate surface area is 140 Å². The fourth-order valence-electron chi connectivity index (χ4n) is 2.17. The molecular formula is C17H12F3N3O2. The van der Waals surface area contributed by atoms with Crippen LogP contribution in [0, 0.1) is 0 Å². The molecule has 0 fully saturated rings. The second-order valence-corrected chi connectivity index (χ2v) is 5.19. The van der Waals surface area contributed by atoms with Crippen LogP contribution in [-0.2, 0) is 6.18 Å². The van der Waals surface area contributed by atoms with Gasteiger partial charge in [0.2, 0.25) is 5.89 Å². The van der Waals surface area contributed by atoms with Gasteiger partial charge in [-0.1, -0.05) is 18.2 Å². The van der Waals surface area contributed by atoms with Crippen LogP contribution in [0.15, 0.2) is 59.0 Å². The first-order chi connectivity index (χ1) is 11.9. The van der Waals surface area contributed by atoms with Crippen LogP contribution < -0.4 is 4.90 Å². The molecule has 5 nitrogen and oxygen atoms in total. The Morgan fingerprint density at radius 2 is 1.64 bits per heavy atom. The van der Waals surface area contributed by atoms with Gasteiger partial charge in [0.25, 0.3) is 5.91 Å². The minimum Gasteiger partial charge on any atom is -0.413 e. The summed E-state index contributed by atoms with van der Waals surface area (Å²) < 4.78 is 42.1. The zero-order chi connectivity index (χ0) is 18.0. The summed E-state index contributed by atoms with van der Waals surface area (Å²) in [6, 6.07) is 15.0. The third kappa shape index (κ3) is 3.52. The van der Waals surface area contributed by atoms with E-state index in [1.54, 1.807) is 19.2 Å². The highest BCUT2D eigenvalue weighted by molar-refractivity contribution is 6.05. The van der Waals surface area contributed by atoms with E-state index in [0.29, 0.717) is 11.1 Å². The molecular weight excluding hydrogens is 335 g/mol. The van der Waals surface area contributed by atoms with Crippen molar-refractivity contribution in [1.82, 2.24) is 10.2 Å². The largest absolute Gasteiger partial charge is 0.470 e. The van der Waals surface area contributed by atoms with Gasteiger partial charge in [0.15, 0.2) is 0 Å². The summed E-state index contributed by atoms with van der Waals surface area (Å²) in [5.41, 5.74) is 1.40. The SMILES string of the molecule is CN(C(=O)c1ccc(-c2nnc(C(F)(F)F)o2)cc1)c1ccccc1. The Morgan fingerprint density at radius 1 is 1.00 bits per heavy atom. The maximum Gasteiger partial charge on any atom is 0.470 e. The minimum absolute atomic E-state index is 0.251. The number of amides is 1. The first-order valence-corrected chi connectivity index (χ1v) is 7.20. The number of alkyl halides is 3. The number of para-hydroxylation sites is 1. The van der Waals surface area contributed by atoms with Crippen LogP contribution in [0.2, 0.25) is 0 Å². The number of hydrogen-bond acceptors (Lipinski definition) is 4. The summed E-state index contributed by atoms with van der Waals surface area (Å²) in [7, 11) is 1.64. The van der Waals surface area contributed by atoms with E-state index >= 15 is 0 Å². The predicted molar refractivity (Wildman–Crippen MR) is 83.9 cm³/mol. The monoisotopic (exact) mass is 347 g/mol. The molecule has 0 atom stereocenters. The molecule has 25 heavy (non-hydrogen) atoms. The number of benzene rings is 2. The molecule has 0 N–H and O–H groups in total. The van der Waals surface area contributed by atoms with Gasteiger partial charge in [0.05, 0.1) is 0 Å². The number of aromatic nitrogens is 2. The normalized spacial score (nSPS) is 11.4. The Morgan fingerprint density at radius 3 is 2.20 bits per heavy atom. The molecule has 0 aliphatic carbocycles. The van der Waals surface area contributed by atoms with E-state index < -0.39 is 12.1 Å². The summed E-state index contributed by atoms with van der Waals surface area (Å²) >= 11 is 0. The summed E-state index contributed by atoms with van der Waals surface area (Å²) in [4.78, 5) is 13.9. The van der Waals surface area contributed by atoms with E-state index in [1.807, 2.05) is 18.2 Å². The van der Waals surface area contributed by atoms with Crippen molar-refractivity contribution in [2.45, 2.75) is 6.18 Å². The highest BCUT2D eigenvalue weighted by Gasteiger charge is 2.38. The van der Waals surface area contributed by atoms with Gasteiger partial charge in [0.1, 0.15) is 0 Å². The van der Waals surface area contributed by atoms with Crippen molar-refractivity contribution in [1.29, 1.82) is 0 Å². The lowest BCUT2D eigenvalue weighted by Gasteiger charge is -2.17. The van der Waals surface area contributed by atoms with E-state index in [2.05, 4.69) is 14.6 Å². The first kappa shape index (κ1) is 16.7. The summed E-state index contributed by atoms with van der Waals surface area (Å²) in [5.74, 6) is -1.92. The molecule has 0 spiro atoms. The third-order valence-corrected chi connectivity index (χ3v) is 3.49. The van der Waals surface area contributed by atoms with Gasteiger partial charge < -0.3 is 9.32 Å². The van der Waals surface area contributed by atoms with Crippen molar-refractivity contribution in [3.05, 3.63) is 66.1 Å². The molecule has 0 unspecified atom stereocenters. The average Bonchev–Trinajstić information content (AvgIpc) is 3.12. The molecule has 2 aromatic carbocycles. The van der Waals surface area contributed by atoms with E-state index in [0.717, 1.165) is 5.69 Å². The number of hydrogen-bond donors (Lipinski definition) is 0. The number of carbonyl (C=O) groups is 1. The lowest BCUT2D eigenvalue weighted by atomic mass is 10.1. The predicted octanol–water partition coefficient (Wildman–Crippen LogP) is 4.03. The number of rotatable bonds is 3. The summed E-state index contributed by atoms with van der Waals surface area (Å²) in [6.07, 6.45) is -4.69. The summed E-state index contributed by atoms with van der Waals surface area (Å²) in [6.45, 7) is 0. The van der Waals surface area contributed by atoms with Gasteiger partial charge in [0, 0.05) is 23.9 Å². The number of carbonyl (C=O) groups excluding carboxylic acids is 1. The van der Waals surface area contributed by atoms with Crippen LogP contribution >= 0.6 is 0 Å². The van der Waals surface area contributed by atoms with Crippen molar-refractivity contribution < 1.29 is 22.4 Å². The van der Waals surface area contributed by atoms with Crippen molar-refractivity contribution in [2.75, 3.05) is 11.9 Å². The molecule has 128 valence electrons. The van der Waals surface area contributed by atoms with Crippen molar-refractivity contribution >= 4 is 11.6 Å². The highest BCUT2D eigenvalue weighted by atomic mass is 19.4. The van der Waals surface area contributed by atoms with Gasteiger partial charge >= 0.3 is 12.1 Å². The average molecular weight is 347 g/mol. The van der Waals surface area contributed by atoms with Crippen molar-refractivity contribution in [2.24, 2.45) is 0 Å². The third-order valence-electron chi connectivity index (χ3n) is 3.49. The maximum atomic E-state index is 12.5. The number of nitrogens with zero attached hydrogens (tertiary/aromatic N) is 3. The highest BCUT2D eigenvalue weighted by Crippen LogP contribution is 2.30. The quantitative estimate of drug-likeness (QED) is 0.718. The van der Waals surface area contributed by atoms with Gasteiger partial charge in [-0.3, -0.25) is 4.79 Å². The lowest BCUT2D eigenvalue weighted by Crippen LogP contribution is -2.25. The molecule has 3 aromatic rings. The zero-order valence-corrected chi connectivity index (χ0v) is 13.0. The molecule has 3 rings (SSSR count). The Balaban J connectivity index is 1.80. The van der Waals surface area contributed by atoms with Crippen molar-refractivity contribution in [3.8, 4) is 11.5 Å². The minimum atomic E-state index is -4.69. The van der Waals surface area contributed by atoms with Gasteiger partial charge in [-0.15, -0.1) is 10.2 Å². The Bertz CT molecular complexity index is 874. The molecule has 0 aliphatic rings. The van der Waals surface area contributed by atoms with Crippen molar-refractivity contribution in [3.63, 3.8) is 0 Å². The zero-order valence-electron chi connectivity index (χ0n) is 13.0. The molecule has 0 bridgehead atoms. The second kappa shape index (κ2) is 6.39. The Hall–Kier alpha value is -3.16. The topological polar surface area (TPSA) is 59.2 Å². The fraction of sp³-hybridized carbons (Fsp3) is 0.118. The fourth-order valence-corrected chi connectivity index (χ4v) is 2.17. The van der Waals surface area contributed by atoms with E-state index in [9.17, 15) is 18.0 Å². The maximum absolute atomic E-state index is 12.5. The van der Waals surface area contributed by atoms with Crippen LogP contribution in [-0.4, -0.2) is 23.2 Å². The lowest BCUT2D eigenvalue weighted by molar-refractivity contribution is -0.156. The van der Waals surface area contributed by atoms with Crippen LogP contribution in [0.25, 0.3) is 11.5 Å². The molecule has 1 aromatic heterocycles. The van der Waals surface area contributed by atoms with E-state index in [1.165, 1.54) is 29.2 Å². The van der Waals surface area contributed by atoms with Crippen LogP contribution in [0.1, 0.15) is 16.2 Å². The van der Waals surface area contributed by atoms with E-state index in [-0.39, 0.29) is 11.8 Å². The van der Waals surface area contributed by atoms with Crippen LogP contribution in [0.5, 0.6) is 0 Å². The molecule has 0 aliphatic heterocycles.